The van der Waals surface area contributed by atoms with E-state index in [9.17, 15) is 23.7 Å². The smallest absolute Gasteiger partial charge is 0.364 e. The van der Waals surface area contributed by atoms with Gasteiger partial charge in [-0.15, -0.1) is 11.3 Å². The minimum absolute atomic E-state index is 0.0393. The summed E-state index contributed by atoms with van der Waals surface area (Å²) in [5.74, 6) is -0.594. The topological polar surface area (TPSA) is 112 Å². The average Bonchev–Trinajstić information content (AvgIpc) is 3.43. The highest BCUT2D eigenvalue weighted by Gasteiger charge is 2.33. The number of nitrogens with zero attached hydrogens (tertiary/aromatic N) is 4. The second-order valence-corrected chi connectivity index (χ2v) is 8.05. The number of alkyl halides is 3. The molecule has 0 saturated carbocycles. The molecule has 0 aliphatic heterocycles. The summed E-state index contributed by atoms with van der Waals surface area (Å²) in [4.78, 5) is 28.4. The van der Waals surface area contributed by atoms with E-state index in [4.69, 9.17) is 16.3 Å². The number of thiophene rings is 1. The van der Waals surface area contributed by atoms with E-state index >= 15 is 0 Å². The fourth-order valence-electron chi connectivity index (χ4n) is 3.05. The summed E-state index contributed by atoms with van der Waals surface area (Å²) in [5, 5.41) is 15.7. The van der Waals surface area contributed by atoms with Gasteiger partial charge in [-0.3, -0.25) is 14.9 Å². The van der Waals surface area contributed by atoms with Crippen molar-refractivity contribution in [2.45, 2.75) is 12.3 Å². The number of aromatic nitrogens is 3. The number of nitro groups is 1. The summed E-state index contributed by atoms with van der Waals surface area (Å²) in [6.07, 6.45) is 0. The molecule has 3 heterocycles. The van der Waals surface area contributed by atoms with Crippen LogP contribution < -0.4 is 10.1 Å². The number of fused-ring (bicyclic) bond motifs is 1. The lowest BCUT2D eigenvalue weighted by Crippen LogP contribution is -2.15. The molecule has 9 nitrogen and oxygen atoms in total. The minimum atomic E-state index is -3.79. The van der Waals surface area contributed by atoms with Crippen molar-refractivity contribution in [3.8, 4) is 16.3 Å². The lowest BCUT2D eigenvalue weighted by molar-refractivity contribution is -0.384. The van der Waals surface area contributed by atoms with E-state index in [0.29, 0.717) is 11.5 Å². The molecular weight excluding hydrogens is 480 g/mol. The first-order chi connectivity index (χ1) is 15.7. The molecule has 13 heteroatoms. The fraction of sp³-hybridized carbons (Fsp3) is 0.150. The lowest BCUT2D eigenvalue weighted by Gasteiger charge is -2.11. The lowest BCUT2D eigenvalue weighted by atomic mass is 10.2. The van der Waals surface area contributed by atoms with Gasteiger partial charge in [-0.05, 0) is 48.2 Å². The van der Waals surface area contributed by atoms with Crippen LogP contribution in [0.3, 0.4) is 0 Å². The van der Waals surface area contributed by atoms with Crippen LogP contribution in [0.5, 0.6) is 5.75 Å². The Hall–Kier alpha value is -3.64. The zero-order valence-corrected chi connectivity index (χ0v) is 18.4. The van der Waals surface area contributed by atoms with E-state index in [0.717, 1.165) is 10.6 Å². The first kappa shape index (κ1) is 22.6. The zero-order valence-electron chi connectivity index (χ0n) is 16.8. The molecule has 1 N–H and O–H groups in total. The van der Waals surface area contributed by atoms with Gasteiger partial charge in [0.1, 0.15) is 17.1 Å². The normalized spacial score (nSPS) is 11.5. The van der Waals surface area contributed by atoms with Crippen molar-refractivity contribution in [1.82, 2.24) is 14.6 Å². The van der Waals surface area contributed by atoms with Crippen molar-refractivity contribution in [2.24, 2.45) is 0 Å². The largest absolute Gasteiger partial charge is 0.494 e. The van der Waals surface area contributed by atoms with E-state index in [1.54, 1.807) is 24.4 Å². The van der Waals surface area contributed by atoms with Gasteiger partial charge < -0.3 is 10.1 Å². The number of hydrogen-bond donors (Lipinski definition) is 1. The highest BCUT2D eigenvalue weighted by molar-refractivity contribution is 7.13. The number of amides is 1. The van der Waals surface area contributed by atoms with Crippen LogP contribution >= 0.6 is 22.9 Å². The molecule has 4 rings (SSSR count). The number of nitro benzene ring substituents is 1. The summed E-state index contributed by atoms with van der Waals surface area (Å²) < 4.78 is 34.2. The summed E-state index contributed by atoms with van der Waals surface area (Å²) in [6, 6.07) is 9.66. The molecule has 1 amide bonds. The quantitative estimate of drug-likeness (QED) is 0.212. The number of nitrogens with one attached hydrogen (secondary N) is 1. The predicted octanol–water partition coefficient (Wildman–Crippen LogP) is 5.31. The summed E-state index contributed by atoms with van der Waals surface area (Å²) in [5.41, 5.74) is -1.27. The number of ether oxygens (including phenoxy) is 1. The molecular formula is C20H14ClF2N5O4S. The van der Waals surface area contributed by atoms with Crippen molar-refractivity contribution in [3.05, 3.63) is 69.3 Å². The van der Waals surface area contributed by atoms with Gasteiger partial charge in [0.2, 0.25) is 0 Å². The molecule has 4 aromatic rings. The monoisotopic (exact) mass is 493 g/mol. The fourth-order valence-corrected chi connectivity index (χ4v) is 3.87. The first-order valence-electron chi connectivity index (χ1n) is 9.42. The van der Waals surface area contributed by atoms with Crippen LogP contribution in [-0.4, -0.2) is 32.0 Å². The average molecular weight is 494 g/mol. The summed E-state index contributed by atoms with van der Waals surface area (Å²) in [6.45, 7) is 2.03. The van der Waals surface area contributed by atoms with Crippen molar-refractivity contribution < 1.29 is 23.2 Å². The Balaban J connectivity index is 1.73. The van der Waals surface area contributed by atoms with Gasteiger partial charge >= 0.3 is 5.38 Å². The summed E-state index contributed by atoms with van der Waals surface area (Å²) >= 11 is 6.57. The van der Waals surface area contributed by atoms with Crippen LogP contribution in [0.4, 0.5) is 20.2 Å². The van der Waals surface area contributed by atoms with Gasteiger partial charge in [0.05, 0.1) is 28.2 Å². The van der Waals surface area contributed by atoms with E-state index in [1.165, 1.54) is 35.6 Å². The van der Waals surface area contributed by atoms with Gasteiger partial charge in [0, 0.05) is 6.07 Å². The maximum absolute atomic E-state index is 14.1. The third kappa shape index (κ3) is 4.61. The van der Waals surface area contributed by atoms with Crippen LogP contribution in [0.1, 0.15) is 23.1 Å². The second-order valence-electron chi connectivity index (χ2n) is 6.62. The predicted molar refractivity (Wildman–Crippen MR) is 118 cm³/mol. The number of halogens is 3. The third-order valence-electron chi connectivity index (χ3n) is 4.45. The Morgan fingerprint density at radius 1 is 1.33 bits per heavy atom. The number of carbonyl (C=O) groups excluding carboxylic acids is 1. The molecule has 3 aromatic heterocycles. The van der Waals surface area contributed by atoms with Gasteiger partial charge in [0.25, 0.3) is 11.6 Å². The number of rotatable bonds is 7. The minimum Gasteiger partial charge on any atom is -0.494 e. The van der Waals surface area contributed by atoms with E-state index in [-0.39, 0.29) is 28.5 Å². The Bertz CT molecular complexity index is 1350. The Morgan fingerprint density at radius 3 is 2.76 bits per heavy atom. The standard InChI is InChI=1S/C20H14ClF2N5O4S/c1-2-32-11-5-6-12(15(8-11)28(30)31)25-19(29)14-10-18-24-13(16-4-3-7-33-16)9-17(20(21,22)23)27(18)26-14/h3-10H,2H2,1H3,(H,25,29). The molecule has 1 aromatic carbocycles. The van der Waals surface area contributed by atoms with Gasteiger partial charge in [-0.25, -0.2) is 9.50 Å². The molecule has 0 radical (unpaired) electrons. The van der Waals surface area contributed by atoms with Crippen molar-refractivity contribution in [2.75, 3.05) is 11.9 Å². The molecule has 0 aliphatic carbocycles. The second kappa shape index (κ2) is 8.71. The number of anilines is 1. The third-order valence-corrected chi connectivity index (χ3v) is 5.53. The van der Waals surface area contributed by atoms with E-state index in [1.807, 2.05) is 0 Å². The maximum Gasteiger partial charge on any atom is 0.364 e. The number of benzene rings is 1. The molecule has 0 fully saturated rings. The zero-order chi connectivity index (χ0) is 23.8. The maximum atomic E-state index is 14.1. The highest BCUT2D eigenvalue weighted by atomic mass is 35.5. The van der Waals surface area contributed by atoms with Crippen LogP contribution in [0, 0.1) is 10.1 Å². The molecule has 0 spiro atoms. The molecule has 0 aliphatic rings. The summed E-state index contributed by atoms with van der Waals surface area (Å²) in [7, 11) is 0. The highest BCUT2D eigenvalue weighted by Crippen LogP contribution is 2.35. The Labute approximate surface area is 193 Å². The Kier molecular flexibility index (Phi) is 5.95. The van der Waals surface area contributed by atoms with Crippen molar-refractivity contribution in [3.63, 3.8) is 0 Å². The SMILES string of the molecule is CCOc1ccc(NC(=O)c2cc3nc(-c4cccs4)cc(C(F)(F)Cl)n3n2)c([N+](=O)[O-])c1. The van der Waals surface area contributed by atoms with Crippen molar-refractivity contribution >= 4 is 45.9 Å². The molecule has 170 valence electrons. The van der Waals surface area contributed by atoms with Crippen molar-refractivity contribution in [1.29, 1.82) is 0 Å². The molecule has 0 atom stereocenters. The number of carbonyl (C=O) groups is 1. The molecule has 0 unspecified atom stereocenters. The van der Waals surface area contributed by atoms with Crippen LogP contribution in [0.25, 0.3) is 16.2 Å². The van der Waals surface area contributed by atoms with Crippen LogP contribution in [0.15, 0.2) is 47.8 Å². The van der Waals surface area contributed by atoms with E-state index < -0.39 is 27.6 Å². The first-order valence-corrected chi connectivity index (χ1v) is 10.7. The van der Waals surface area contributed by atoms with Gasteiger partial charge in [-0.2, -0.15) is 13.9 Å². The van der Waals surface area contributed by atoms with Crippen LogP contribution in [0.2, 0.25) is 0 Å². The van der Waals surface area contributed by atoms with Crippen LogP contribution in [-0.2, 0) is 5.38 Å². The van der Waals surface area contributed by atoms with Gasteiger partial charge in [0.15, 0.2) is 11.3 Å². The number of hydrogen-bond acceptors (Lipinski definition) is 7. The Morgan fingerprint density at radius 2 is 2.12 bits per heavy atom. The molecule has 0 bridgehead atoms. The van der Waals surface area contributed by atoms with Gasteiger partial charge in [-0.1, -0.05) is 6.07 Å². The molecule has 33 heavy (non-hydrogen) atoms. The molecule has 0 saturated heterocycles. The van der Waals surface area contributed by atoms with E-state index in [2.05, 4.69) is 15.4 Å².